The molecule has 2 N–H and O–H groups in total. The molecule has 0 spiro atoms. The molecule has 1 aliphatic heterocycles. The fraction of sp³-hybridized carbons (Fsp3) is 0.500. The van der Waals surface area contributed by atoms with Gasteiger partial charge in [0.2, 0.25) is 0 Å². The average molecular weight is 255 g/mol. The van der Waals surface area contributed by atoms with Crippen LogP contribution in [0.3, 0.4) is 0 Å². The average Bonchev–Trinajstić information content (AvgIpc) is 2.27. The molecule has 2 rings (SSSR count). The van der Waals surface area contributed by atoms with Crippen molar-refractivity contribution in [1.82, 2.24) is 0 Å². The van der Waals surface area contributed by atoms with Crippen molar-refractivity contribution in [3.8, 4) is 0 Å². The Morgan fingerprint density at radius 1 is 1.47 bits per heavy atom. The first-order valence-corrected chi connectivity index (χ1v) is 7.33. The van der Waals surface area contributed by atoms with E-state index in [2.05, 4.69) is 5.32 Å². The monoisotopic (exact) mass is 255 g/mol. The van der Waals surface area contributed by atoms with Crippen LogP contribution in [0.4, 0.5) is 5.69 Å². The highest BCUT2D eigenvalue weighted by Gasteiger charge is 2.29. The van der Waals surface area contributed by atoms with E-state index in [0.717, 1.165) is 5.56 Å². The van der Waals surface area contributed by atoms with Gasteiger partial charge in [-0.3, -0.25) is 0 Å². The SMILES string of the molecule is CC(C)c1ccc2c(c1)S(=O)(=O)CC(CO)N2. The van der Waals surface area contributed by atoms with Gasteiger partial charge in [0.1, 0.15) is 0 Å². The molecule has 0 amide bonds. The number of aliphatic hydroxyl groups excluding tert-OH is 1. The molecular formula is C12H17NO3S. The fourth-order valence-corrected chi connectivity index (χ4v) is 3.66. The normalized spacial score (nSPS) is 22.0. The van der Waals surface area contributed by atoms with E-state index >= 15 is 0 Å². The lowest BCUT2D eigenvalue weighted by Crippen LogP contribution is -2.36. The second-order valence-electron chi connectivity index (χ2n) is 4.72. The van der Waals surface area contributed by atoms with Gasteiger partial charge in [0.15, 0.2) is 9.84 Å². The molecule has 1 unspecified atom stereocenters. The third-order valence-corrected chi connectivity index (χ3v) is 4.86. The fourth-order valence-electron chi connectivity index (χ4n) is 1.99. The number of benzene rings is 1. The lowest BCUT2D eigenvalue weighted by atomic mass is 10.0. The van der Waals surface area contributed by atoms with E-state index in [-0.39, 0.29) is 12.4 Å². The highest BCUT2D eigenvalue weighted by molar-refractivity contribution is 7.91. The molecule has 0 saturated carbocycles. The summed E-state index contributed by atoms with van der Waals surface area (Å²) in [6.45, 7) is 3.88. The van der Waals surface area contributed by atoms with Gasteiger partial charge in [0.05, 0.1) is 29.0 Å². The molecule has 5 heteroatoms. The zero-order valence-electron chi connectivity index (χ0n) is 9.97. The van der Waals surface area contributed by atoms with Crippen LogP contribution in [0.2, 0.25) is 0 Å². The van der Waals surface area contributed by atoms with Crippen LogP contribution in [0.15, 0.2) is 23.1 Å². The number of anilines is 1. The van der Waals surface area contributed by atoms with Crippen molar-refractivity contribution < 1.29 is 13.5 Å². The summed E-state index contributed by atoms with van der Waals surface area (Å²) < 4.78 is 24.1. The second-order valence-corrected chi connectivity index (χ2v) is 6.72. The number of sulfone groups is 1. The number of rotatable bonds is 2. The van der Waals surface area contributed by atoms with Crippen LogP contribution >= 0.6 is 0 Å². The number of fused-ring (bicyclic) bond motifs is 1. The molecule has 0 fully saturated rings. The summed E-state index contributed by atoms with van der Waals surface area (Å²) in [5.74, 6) is 0.254. The molecule has 1 aliphatic rings. The van der Waals surface area contributed by atoms with E-state index in [1.54, 1.807) is 12.1 Å². The van der Waals surface area contributed by atoms with Gasteiger partial charge in [-0.15, -0.1) is 0 Å². The number of hydrogen-bond acceptors (Lipinski definition) is 4. The van der Waals surface area contributed by atoms with Gasteiger partial charge in [-0.1, -0.05) is 19.9 Å². The van der Waals surface area contributed by atoms with Crippen LogP contribution in [0, 0.1) is 0 Å². The van der Waals surface area contributed by atoms with Crippen molar-refractivity contribution in [3.63, 3.8) is 0 Å². The molecule has 0 saturated heterocycles. The standard InChI is InChI=1S/C12H17NO3S/c1-8(2)9-3-4-11-12(5-9)17(15,16)7-10(6-14)13-11/h3-5,8,10,13-14H,6-7H2,1-2H3. The van der Waals surface area contributed by atoms with Crippen LogP contribution in [0.25, 0.3) is 0 Å². The zero-order chi connectivity index (χ0) is 12.6. The van der Waals surface area contributed by atoms with Gasteiger partial charge >= 0.3 is 0 Å². The van der Waals surface area contributed by atoms with Crippen molar-refractivity contribution in [1.29, 1.82) is 0 Å². The third-order valence-electron chi connectivity index (χ3n) is 3.01. The van der Waals surface area contributed by atoms with Gasteiger partial charge in [-0.25, -0.2) is 8.42 Å². The molecule has 1 aromatic rings. The van der Waals surface area contributed by atoms with E-state index < -0.39 is 15.9 Å². The molecule has 94 valence electrons. The summed E-state index contributed by atoms with van der Waals surface area (Å²) in [5.41, 5.74) is 1.61. The Morgan fingerprint density at radius 2 is 2.18 bits per heavy atom. The van der Waals surface area contributed by atoms with E-state index in [9.17, 15) is 8.42 Å². The Kier molecular flexibility index (Phi) is 3.14. The Bertz CT molecular complexity index is 523. The second kappa shape index (κ2) is 4.31. The van der Waals surface area contributed by atoms with Crippen LogP contribution in [0.5, 0.6) is 0 Å². The summed E-state index contributed by atoms with van der Waals surface area (Å²) in [7, 11) is -3.28. The molecule has 0 radical (unpaired) electrons. The summed E-state index contributed by atoms with van der Waals surface area (Å²) in [6, 6.07) is 5.03. The van der Waals surface area contributed by atoms with E-state index in [1.807, 2.05) is 19.9 Å². The van der Waals surface area contributed by atoms with Gasteiger partial charge in [-0.05, 0) is 23.6 Å². The molecule has 17 heavy (non-hydrogen) atoms. The molecule has 1 heterocycles. The van der Waals surface area contributed by atoms with Gasteiger partial charge in [0, 0.05) is 0 Å². The zero-order valence-corrected chi connectivity index (χ0v) is 10.8. The minimum atomic E-state index is -3.28. The molecule has 1 aromatic carbocycles. The molecule has 4 nitrogen and oxygen atoms in total. The van der Waals surface area contributed by atoms with E-state index in [4.69, 9.17) is 5.11 Å². The first-order valence-electron chi connectivity index (χ1n) is 5.68. The lowest BCUT2D eigenvalue weighted by molar-refractivity contribution is 0.281. The van der Waals surface area contributed by atoms with Crippen molar-refractivity contribution in [2.75, 3.05) is 17.7 Å². The smallest absolute Gasteiger partial charge is 0.182 e. The number of hydrogen-bond donors (Lipinski definition) is 2. The van der Waals surface area contributed by atoms with E-state index in [0.29, 0.717) is 16.5 Å². The van der Waals surface area contributed by atoms with Crippen LogP contribution < -0.4 is 5.32 Å². The Morgan fingerprint density at radius 3 is 2.76 bits per heavy atom. The maximum atomic E-state index is 12.1. The van der Waals surface area contributed by atoms with Gasteiger partial charge < -0.3 is 10.4 Å². The highest BCUT2D eigenvalue weighted by Crippen LogP contribution is 2.31. The van der Waals surface area contributed by atoms with Crippen molar-refractivity contribution in [3.05, 3.63) is 23.8 Å². The molecule has 1 atom stereocenters. The Labute approximate surface area is 102 Å². The van der Waals surface area contributed by atoms with Crippen molar-refractivity contribution >= 4 is 15.5 Å². The maximum absolute atomic E-state index is 12.1. The van der Waals surface area contributed by atoms with E-state index in [1.165, 1.54) is 0 Å². The summed E-state index contributed by atoms with van der Waals surface area (Å²) >= 11 is 0. The topological polar surface area (TPSA) is 66.4 Å². The predicted octanol–water partition coefficient (Wildman–Crippen LogP) is 1.37. The first-order chi connectivity index (χ1) is 7.94. The lowest BCUT2D eigenvalue weighted by Gasteiger charge is -2.26. The molecular weight excluding hydrogens is 238 g/mol. The Hall–Kier alpha value is -1.07. The quantitative estimate of drug-likeness (QED) is 0.837. The van der Waals surface area contributed by atoms with Gasteiger partial charge in [-0.2, -0.15) is 0 Å². The summed E-state index contributed by atoms with van der Waals surface area (Å²) in [6.07, 6.45) is 0. The largest absolute Gasteiger partial charge is 0.394 e. The van der Waals surface area contributed by atoms with Crippen molar-refractivity contribution in [2.24, 2.45) is 0 Å². The predicted molar refractivity (Wildman–Crippen MR) is 67.1 cm³/mol. The van der Waals surface area contributed by atoms with Crippen molar-refractivity contribution in [2.45, 2.75) is 30.7 Å². The summed E-state index contributed by atoms with van der Waals surface area (Å²) in [5, 5.41) is 12.1. The minimum absolute atomic E-state index is 0.0436. The molecule has 0 aromatic heterocycles. The van der Waals surface area contributed by atoms with Crippen LogP contribution in [-0.4, -0.2) is 31.9 Å². The number of aliphatic hydroxyl groups is 1. The van der Waals surface area contributed by atoms with Gasteiger partial charge in [0.25, 0.3) is 0 Å². The summed E-state index contributed by atoms with van der Waals surface area (Å²) in [4.78, 5) is 0.355. The Balaban J connectivity index is 2.51. The molecule has 0 aliphatic carbocycles. The first kappa shape index (κ1) is 12.4. The van der Waals surface area contributed by atoms with Crippen LogP contribution in [-0.2, 0) is 9.84 Å². The minimum Gasteiger partial charge on any atom is -0.394 e. The third kappa shape index (κ3) is 2.30. The number of nitrogens with one attached hydrogen (secondary N) is 1. The highest BCUT2D eigenvalue weighted by atomic mass is 32.2. The maximum Gasteiger partial charge on any atom is 0.182 e. The van der Waals surface area contributed by atoms with Crippen LogP contribution in [0.1, 0.15) is 25.3 Å². The molecule has 0 bridgehead atoms.